The molecule has 0 saturated carbocycles. The van der Waals surface area contributed by atoms with Gasteiger partial charge in [0, 0.05) is 16.2 Å². The van der Waals surface area contributed by atoms with Crippen LogP contribution in [0.2, 0.25) is 0 Å². The molecule has 0 N–H and O–H groups in total. The molecule has 0 saturated heterocycles. The van der Waals surface area contributed by atoms with Gasteiger partial charge in [-0.2, -0.15) is 0 Å². The van der Waals surface area contributed by atoms with E-state index in [4.69, 9.17) is 4.42 Å². The van der Waals surface area contributed by atoms with Crippen molar-refractivity contribution in [3.63, 3.8) is 0 Å². The molecule has 1 heterocycles. The number of fused-ring (bicyclic) bond motifs is 9. The summed E-state index contributed by atoms with van der Waals surface area (Å²) < 4.78 is 6.79. The molecule has 0 bridgehead atoms. The molecule has 0 aliphatic heterocycles. The van der Waals surface area contributed by atoms with Gasteiger partial charge in [-0.05, 0) is 91.0 Å². The van der Waals surface area contributed by atoms with Gasteiger partial charge < -0.3 is 4.42 Å². The highest BCUT2D eigenvalue weighted by atomic mass is 16.3. The summed E-state index contributed by atoms with van der Waals surface area (Å²) in [5, 5.41) is 2.33. The first-order valence-electron chi connectivity index (χ1n) is 16.5. The van der Waals surface area contributed by atoms with Crippen molar-refractivity contribution in [1.29, 1.82) is 0 Å². The zero-order chi connectivity index (χ0) is 31.3. The average Bonchev–Trinajstić information content (AvgIpc) is 3.71. The second kappa shape index (κ2) is 9.44. The molecule has 1 nitrogen and oxygen atoms in total. The quantitative estimate of drug-likeness (QED) is 0.197. The molecule has 2 aliphatic rings. The van der Waals surface area contributed by atoms with Crippen molar-refractivity contribution in [2.24, 2.45) is 0 Å². The summed E-state index contributed by atoms with van der Waals surface area (Å²) in [6.07, 6.45) is 0. The molecule has 0 spiro atoms. The van der Waals surface area contributed by atoms with Crippen molar-refractivity contribution in [1.82, 2.24) is 0 Å². The molecule has 0 amide bonds. The van der Waals surface area contributed by atoms with Crippen molar-refractivity contribution in [2.45, 2.75) is 24.7 Å². The van der Waals surface area contributed by atoms with Crippen LogP contribution in [0.1, 0.15) is 47.2 Å². The summed E-state index contributed by atoms with van der Waals surface area (Å²) in [4.78, 5) is 0. The van der Waals surface area contributed by atoms with E-state index in [0.29, 0.717) is 0 Å². The zero-order valence-electron chi connectivity index (χ0n) is 26.4. The fourth-order valence-corrected chi connectivity index (χ4v) is 8.89. The molecule has 1 aromatic heterocycles. The Hall–Kier alpha value is -5.66. The van der Waals surface area contributed by atoms with E-state index < -0.39 is 5.41 Å². The van der Waals surface area contributed by atoms with Gasteiger partial charge >= 0.3 is 0 Å². The third kappa shape index (κ3) is 3.44. The summed E-state index contributed by atoms with van der Waals surface area (Å²) in [5.74, 6) is 0. The minimum absolute atomic E-state index is 0.0171. The summed E-state index contributed by atoms with van der Waals surface area (Å²) in [5.41, 5.74) is 16.9. The Kier molecular flexibility index (Phi) is 5.33. The average molecular weight is 601 g/mol. The van der Waals surface area contributed by atoms with Crippen LogP contribution in [-0.4, -0.2) is 0 Å². The predicted molar refractivity (Wildman–Crippen MR) is 194 cm³/mol. The van der Waals surface area contributed by atoms with Gasteiger partial charge in [0.05, 0.1) is 5.41 Å². The number of rotatable bonds is 3. The normalized spacial score (nSPS) is 14.9. The van der Waals surface area contributed by atoms with Gasteiger partial charge in [-0.3, -0.25) is 0 Å². The molecular formula is C46H32O. The van der Waals surface area contributed by atoms with Crippen LogP contribution in [0.4, 0.5) is 0 Å². The lowest BCUT2D eigenvalue weighted by Gasteiger charge is -2.33. The summed E-state index contributed by atoms with van der Waals surface area (Å²) in [6, 6.07) is 58.0. The second-order valence-electron chi connectivity index (χ2n) is 13.6. The van der Waals surface area contributed by atoms with E-state index in [2.05, 4.69) is 172 Å². The molecule has 10 rings (SSSR count). The molecule has 0 atom stereocenters. The molecule has 2 aliphatic carbocycles. The third-order valence-corrected chi connectivity index (χ3v) is 11.0. The van der Waals surface area contributed by atoms with Gasteiger partial charge in [-0.1, -0.05) is 147 Å². The van der Waals surface area contributed by atoms with Crippen LogP contribution in [0.5, 0.6) is 0 Å². The van der Waals surface area contributed by atoms with Gasteiger partial charge in [0.2, 0.25) is 0 Å². The predicted octanol–water partition coefficient (Wildman–Crippen LogP) is 11.9. The van der Waals surface area contributed by atoms with Crippen molar-refractivity contribution >= 4 is 21.9 Å². The van der Waals surface area contributed by atoms with E-state index in [-0.39, 0.29) is 5.41 Å². The maximum absolute atomic E-state index is 6.79. The highest BCUT2D eigenvalue weighted by Gasteiger charge is 2.46. The summed E-state index contributed by atoms with van der Waals surface area (Å²) in [6.45, 7) is 4.68. The summed E-state index contributed by atoms with van der Waals surface area (Å²) >= 11 is 0. The van der Waals surface area contributed by atoms with E-state index in [0.717, 1.165) is 16.6 Å². The first kappa shape index (κ1) is 26.5. The fourth-order valence-electron chi connectivity index (χ4n) is 8.89. The Morgan fingerprint density at radius 2 is 0.979 bits per heavy atom. The van der Waals surface area contributed by atoms with Crippen molar-refractivity contribution in [2.75, 3.05) is 0 Å². The van der Waals surface area contributed by atoms with Crippen LogP contribution < -0.4 is 0 Å². The molecule has 47 heavy (non-hydrogen) atoms. The van der Waals surface area contributed by atoms with Gasteiger partial charge in [0.1, 0.15) is 11.2 Å². The Bertz CT molecular complexity index is 2490. The first-order valence-corrected chi connectivity index (χ1v) is 16.5. The van der Waals surface area contributed by atoms with Gasteiger partial charge in [-0.25, -0.2) is 0 Å². The lowest BCUT2D eigenvalue weighted by atomic mass is 9.67. The summed E-state index contributed by atoms with van der Waals surface area (Å²) in [7, 11) is 0. The number of benzene rings is 7. The Balaban J connectivity index is 1.26. The van der Waals surface area contributed by atoms with Crippen LogP contribution in [0.25, 0.3) is 55.3 Å². The number of hydrogen-bond acceptors (Lipinski definition) is 1. The smallest absolute Gasteiger partial charge is 0.136 e. The van der Waals surface area contributed by atoms with E-state index in [1.165, 1.54) is 72.1 Å². The van der Waals surface area contributed by atoms with Crippen LogP contribution in [0.15, 0.2) is 162 Å². The number of furan rings is 1. The van der Waals surface area contributed by atoms with Crippen molar-refractivity contribution < 1.29 is 4.42 Å². The van der Waals surface area contributed by atoms with E-state index in [9.17, 15) is 0 Å². The molecule has 0 radical (unpaired) electrons. The Labute approximate surface area is 274 Å². The lowest BCUT2D eigenvalue weighted by Crippen LogP contribution is -2.28. The van der Waals surface area contributed by atoms with E-state index in [1.54, 1.807) is 0 Å². The lowest BCUT2D eigenvalue weighted by molar-refractivity contribution is 0.660. The largest absolute Gasteiger partial charge is 0.456 e. The zero-order valence-corrected chi connectivity index (χ0v) is 26.4. The van der Waals surface area contributed by atoms with Gasteiger partial charge in [0.15, 0.2) is 0 Å². The van der Waals surface area contributed by atoms with Crippen LogP contribution in [0, 0.1) is 0 Å². The van der Waals surface area contributed by atoms with Crippen LogP contribution in [0.3, 0.4) is 0 Å². The van der Waals surface area contributed by atoms with Crippen LogP contribution >= 0.6 is 0 Å². The third-order valence-electron chi connectivity index (χ3n) is 11.0. The van der Waals surface area contributed by atoms with E-state index >= 15 is 0 Å². The SMILES string of the molecule is CC1(C)c2ccccc2-c2cc(-c3cccc4oc5cc6c(cc5c34)-c3ccccc3C6(c3ccccc3)c3ccccc3)ccc21. The fraction of sp³-hybridized carbons (Fsp3) is 0.0870. The maximum Gasteiger partial charge on any atom is 0.136 e. The molecule has 8 aromatic rings. The topological polar surface area (TPSA) is 13.1 Å². The minimum atomic E-state index is -0.454. The molecule has 0 unspecified atom stereocenters. The molecular weight excluding hydrogens is 569 g/mol. The molecule has 7 aromatic carbocycles. The monoisotopic (exact) mass is 600 g/mol. The first-order chi connectivity index (χ1) is 23.1. The Morgan fingerprint density at radius 3 is 1.70 bits per heavy atom. The number of hydrogen-bond donors (Lipinski definition) is 0. The Morgan fingerprint density at radius 1 is 0.404 bits per heavy atom. The van der Waals surface area contributed by atoms with E-state index in [1.807, 2.05) is 0 Å². The molecule has 222 valence electrons. The standard InChI is InChI=1S/C46H32O/c1-45(2)38-21-11-9-18-33(38)35-26-29(24-25-39(35)45)32-20-13-23-42-44(32)37-27-36-34-19-10-12-22-40(34)46(30-14-5-3-6-15-30,31-16-7-4-8-17-31)41(36)28-43(37)47-42/h3-28H,1-2H3. The second-order valence-corrected chi connectivity index (χ2v) is 13.6. The highest BCUT2D eigenvalue weighted by molar-refractivity contribution is 6.14. The minimum Gasteiger partial charge on any atom is -0.456 e. The molecule has 1 heteroatoms. The van der Waals surface area contributed by atoms with Crippen molar-refractivity contribution in [3.8, 4) is 33.4 Å². The van der Waals surface area contributed by atoms with Gasteiger partial charge in [0.25, 0.3) is 0 Å². The van der Waals surface area contributed by atoms with Gasteiger partial charge in [-0.15, -0.1) is 0 Å². The highest BCUT2D eigenvalue weighted by Crippen LogP contribution is 2.58. The van der Waals surface area contributed by atoms with Crippen molar-refractivity contribution in [3.05, 3.63) is 191 Å². The maximum atomic E-state index is 6.79. The van der Waals surface area contributed by atoms with Crippen LogP contribution in [-0.2, 0) is 10.8 Å². The molecule has 0 fully saturated rings.